The van der Waals surface area contributed by atoms with Gasteiger partial charge in [-0.2, -0.15) is 0 Å². The van der Waals surface area contributed by atoms with Crippen LogP contribution in [0, 0.1) is 5.82 Å². The van der Waals surface area contributed by atoms with Gasteiger partial charge in [0.05, 0.1) is 17.3 Å². The van der Waals surface area contributed by atoms with Gasteiger partial charge in [-0.05, 0) is 64.0 Å². The minimum absolute atomic E-state index is 0.129. The summed E-state index contributed by atoms with van der Waals surface area (Å²) in [5, 5.41) is 2.11. The maximum atomic E-state index is 13.2. The maximum absolute atomic E-state index is 13.2. The fourth-order valence-electron chi connectivity index (χ4n) is 2.75. The van der Waals surface area contributed by atoms with Crippen molar-refractivity contribution in [2.24, 2.45) is 0 Å². The molecule has 3 rings (SSSR count). The zero-order chi connectivity index (χ0) is 21.8. The molecule has 2 aromatic carbocycles. The summed E-state index contributed by atoms with van der Waals surface area (Å²) < 4.78 is 24.6. The van der Waals surface area contributed by atoms with Crippen molar-refractivity contribution in [1.29, 1.82) is 0 Å². The van der Waals surface area contributed by atoms with Gasteiger partial charge in [0.1, 0.15) is 18.0 Å². The number of hydrogen-bond acceptors (Lipinski definition) is 5. The minimum atomic E-state index is -0.916. The summed E-state index contributed by atoms with van der Waals surface area (Å²) in [6.07, 6.45) is 2.90. The first-order valence-electron chi connectivity index (χ1n) is 8.64. The highest BCUT2D eigenvalue weighted by Crippen LogP contribution is 2.37. The quantitative estimate of drug-likeness (QED) is 0.390. The van der Waals surface area contributed by atoms with E-state index >= 15 is 0 Å². The number of imide groups is 2. The zero-order valence-electron chi connectivity index (χ0n) is 15.8. The van der Waals surface area contributed by atoms with Gasteiger partial charge in [-0.15, -0.1) is 0 Å². The van der Waals surface area contributed by atoms with Crippen molar-refractivity contribution in [1.82, 2.24) is 5.32 Å². The fourth-order valence-corrected chi connectivity index (χ4v) is 3.33. The van der Waals surface area contributed by atoms with E-state index in [9.17, 15) is 18.8 Å². The van der Waals surface area contributed by atoms with Crippen LogP contribution in [0.5, 0.6) is 11.5 Å². The molecule has 1 fully saturated rings. The third-order valence-electron chi connectivity index (χ3n) is 4.09. The van der Waals surface area contributed by atoms with E-state index in [0.717, 1.165) is 17.0 Å². The number of carbonyl (C=O) groups excluding carboxylic acids is 3. The average molecular weight is 475 g/mol. The van der Waals surface area contributed by atoms with Crippen molar-refractivity contribution in [3.8, 4) is 11.5 Å². The number of halogens is 2. The lowest BCUT2D eigenvalue weighted by atomic mass is 10.1. The van der Waals surface area contributed by atoms with E-state index in [-0.39, 0.29) is 17.9 Å². The summed E-state index contributed by atoms with van der Waals surface area (Å²) in [6.45, 7) is 3.84. The van der Waals surface area contributed by atoms with Crippen LogP contribution in [-0.4, -0.2) is 31.6 Å². The second-order valence-corrected chi connectivity index (χ2v) is 6.92. The van der Waals surface area contributed by atoms with Crippen LogP contribution in [0.2, 0.25) is 0 Å². The Bertz CT molecular complexity index is 1070. The molecule has 0 aromatic heterocycles. The minimum Gasteiger partial charge on any atom is -0.493 e. The molecular formula is C21H16BrFN2O5. The van der Waals surface area contributed by atoms with Gasteiger partial charge in [0.2, 0.25) is 0 Å². The lowest BCUT2D eigenvalue weighted by Gasteiger charge is -2.26. The van der Waals surface area contributed by atoms with Crippen LogP contribution in [0.1, 0.15) is 5.56 Å². The Labute approximate surface area is 179 Å². The summed E-state index contributed by atoms with van der Waals surface area (Å²) in [7, 11) is 1.45. The number of ether oxygens (including phenoxy) is 2. The second-order valence-electron chi connectivity index (χ2n) is 6.07. The first kappa shape index (κ1) is 21.3. The first-order chi connectivity index (χ1) is 14.3. The Morgan fingerprint density at radius 3 is 2.53 bits per heavy atom. The van der Waals surface area contributed by atoms with E-state index in [2.05, 4.69) is 27.8 Å². The van der Waals surface area contributed by atoms with Gasteiger partial charge in [-0.1, -0.05) is 12.7 Å². The van der Waals surface area contributed by atoms with Crippen molar-refractivity contribution < 1.29 is 28.2 Å². The molecule has 4 amide bonds. The van der Waals surface area contributed by atoms with Crippen LogP contribution in [0.15, 0.2) is 59.1 Å². The molecule has 0 spiro atoms. The number of amides is 4. The molecule has 0 radical (unpaired) electrons. The van der Waals surface area contributed by atoms with Crippen LogP contribution in [0.3, 0.4) is 0 Å². The van der Waals surface area contributed by atoms with Crippen LogP contribution >= 0.6 is 15.9 Å². The van der Waals surface area contributed by atoms with Crippen molar-refractivity contribution in [3.05, 3.63) is 70.5 Å². The molecule has 7 nitrogen and oxygen atoms in total. The smallest absolute Gasteiger partial charge is 0.335 e. The third kappa shape index (κ3) is 4.25. The largest absolute Gasteiger partial charge is 0.493 e. The zero-order valence-corrected chi connectivity index (χ0v) is 17.4. The number of nitrogens with one attached hydrogen (secondary N) is 1. The van der Waals surface area contributed by atoms with Gasteiger partial charge >= 0.3 is 6.03 Å². The highest BCUT2D eigenvalue weighted by molar-refractivity contribution is 9.10. The first-order valence-corrected chi connectivity index (χ1v) is 9.43. The van der Waals surface area contributed by atoms with Gasteiger partial charge in [-0.25, -0.2) is 14.1 Å². The van der Waals surface area contributed by atoms with E-state index < -0.39 is 23.7 Å². The number of hydrogen-bond donors (Lipinski definition) is 1. The number of urea groups is 1. The van der Waals surface area contributed by atoms with E-state index in [0.29, 0.717) is 21.5 Å². The van der Waals surface area contributed by atoms with Gasteiger partial charge < -0.3 is 9.47 Å². The molecule has 2 aromatic rings. The van der Waals surface area contributed by atoms with Crippen LogP contribution in [0.25, 0.3) is 6.08 Å². The van der Waals surface area contributed by atoms with Crippen LogP contribution < -0.4 is 19.7 Å². The SMILES string of the molecule is C=CCOc1c(Br)cc(/C=C2\C(=O)NC(=O)N(c3ccc(F)cc3)C2=O)cc1OC. The van der Waals surface area contributed by atoms with E-state index in [1.54, 1.807) is 18.2 Å². The van der Waals surface area contributed by atoms with Crippen LogP contribution in [0.4, 0.5) is 14.9 Å². The van der Waals surface area contributed by atoms with E-state index in [1.165, 1.54) is 25.3 Å². The lowest BCUT2D eigenvalue weighted by Crippen LogP contribution is -2.54. The Morgan fingerprint density at radius 2 is 1.90 bits per heavy atom. The van der Waals surface area contributed by atoms with Crippen molar-refractivity contribution >= 4 is 45.5 Å². The summed E-state index contributed by atoms with van der Waals surface area (Å²) >= 11 is 3.37. The number of carbonyl (C=O) groups is 3. The number of nitrogens with zero attached hydrogens (tertiary/aromatic N) is 1. The lowest BCUT2D eigenvalue weighted by molar-refractivity contribution is -0.122. The Balaban J connectivity index is 2.01. The fraction of sp³-hybridized carbons (Fsp3) is 0.0952. The van der Waals surface area contributed by atoms with Gasteiger partial charge in [-0.3, -0.25) is 14.9 Å². The Kier molecular flexibility index (Phi) is 6.31. The molecule has 1 heterocycles. The van der Waals surface area contributed by atoms with E-state index in [1.807, 2.05) is 0 Å². The monoisotopic (exact) mass is 474 g/mol. The third-order valence-corrected chi connectivity index (χ3v) is 4.68. The van der Waals surface area contributed by atoms with E-state index in [4.69, 9.17) is 9.47 Å². The van der Waals surface area contributed by atoms with Crippen molar-refractivity contribution in [2.75, 3.05) is 18.6 Å². The van der Waals surface area contributed by atoms with Crippen molar-refractivity contribution in [3.63, 3.8) is 0 Å². The molecule has 0 saturated carbocycles. The average Bonchev–Trinajstić information content (AvgIpc) is 2.71. The molecule has 1 aliphatic heterocycles. The number of methoxy groups -OCH3 is 1. The normalized spacial score (nSPS) is 15.2. The summed E-state index contributed by atoms with van der Waals surface area (Å²) in [6, 6.07) is 7.06. The molecule has 9 heteroatoms. The molecule has 154 valence electrons. The number of benzene rings is 2. The summed E-state index contributed by atoms with van der Waals surface area (Å²) in [5.74, 6) is -1.40. The Morgan fingerprint density at radius 1 is 1.20 bits per heavy atom. The number of rotatable bonds is 6. The molecule has 0 aliphatic carbocycles. The van der Waals surface area contributed by atoms with Crippen molar-refractivity contribution in [2.45, 2.75) is 0 Å². The molecule has 1 aliphatic rings. The molecule has 0 atom stereocenters. The summed E-state index contributed by atoms with van der Waals surface area (Å²) in [5.41, 5.74) is 0.313. The topological polar surface area (TPSA) is 84.9 Å². The summed E-state index contributed by atoms with van der Waals surface area (Å²) in [4.78, 5) is 38.2. The van der Waals surface area contributed by atoms with Gasteiger partial charge in [0.15, 0.2) is 11.5 Å². The van der Waals surface area contributed by atoms with Gasteiger partial charge in [0.25, 0.3) is 11.8 Å². The molecule has 0 unspecified atom stereocenters. The molecule has 1 saturated heterocycles. The molecule has 0 bridgehead atoms. The molecule has 1 N–H and O–H groups in total. The highest BCUT2D eigenvalue weighted by Gasteiger charge is 2.36. The standard InChI is InChI=1S/C21H16BrFN2O5/c1-3-8-30-18-16(22)10-12(11-17(18)29-2)9-15-19(26)24-21(28)25(20(15)27)14-6-4-13(23)5-7-14/h3-7,9-11H,1,8H2,2H3,(H,24,26,28)/b15-9+. The Hall–Kier alpha value is -3.46. The predicted octanol–water partition coefficient (Wildman–Crippen LogP) is 3.83. The second kappa shape index (κ2) is 8.91. The molecule has 30 heavy (non-hydrogen) atoms. The maximum Gasteiger partial charge on any atom is 0.335 e. The molecular weight excluding hydrogens is 459 g/mol. The highest BCUT2D eigenvalue weighted by atomic mass is 79.9. The number of anilines is 1. The number of barbiturate groups is 1. The van der Waals surface area contributed by atoms with Gasteiger partial charge in [0, 0.05) is 0 Å². The predicted molar refractivity (Wildman–Crippen MR) is 112 cm³/mol. The van der Waals surface area contributed by atoms with Crippen LogP contribution in [-0.2, 0) is 9.59 Å².